The van der Waals surface area contributed by atoms with Crippen molar-refractivity contribution in [2.45, 2.75) is 26.3 Å². The number of likely N-dealkylation sites (tertiary alicyclic amines) is 1. The maximum absolute atomic E-state index is 13.7. The number of fused-ring (bicyclic) bond motifs is 1. The van der Waals surface area contributed by atoms with Crippen molar-refractivity contribution < 1.29 is 9.18 Å². The first-order chi connectivity index (χ1) is 13.6. The molecule has 4 rings (SSSR count). The van der Waals surface area contributed by atoms with Gasteiger partial charge in [-0.05, 0) is 63.0 Å². The van der Waals surface area contributed by atoms with Gasteiger partial charge in [-0.2, -0.15) is 0 Å². The molecule has 146 valence electrons. The number of carbonyl (C=O) groups excluding carboxylic acids is 1. The van der Waals surface area contributed by atoms with Crippen LogP contribution in [0.1, 0.15) is 18.7 Å². The molecular weight excluding hydrogens is 355 g/mol. The molecule has 3 aromatic rings. The van der Waals surface area contributed by atoms with Crippen molar-refractivity contribution >= 4 is 22.6 Å². The van der Waals surface area contributed by atoms with Crippen molar-refractivity contribution in [1.29, 1.82) is 0 Å². The number of hydrogen-bond donors (Lipinski definition) is 1. The lowest BCUT2D eigenvalue weighted by atomic mass is 9.96. The number of benzene rings is 2. The summed E-state index contributed by atoms with van der Waals surface area (Å²) in [7, 11) is 0. The fraction of sp³-hybridized carbons (Fsp3) is 0.364. The molecule has 0 bridgehead atoms. The summed E-state index contributed by atoms with van der Waals surface area (Å²) < 4.78 is 16.0. The molecule has 5 nitrogen and oxygen atoms in total. The van der Waals surface area contributed by atoms with Crippen LogP contribution in [0.5, 0.6) is 0 Å². The van der Waals surface area contributed by atoms with E-state index in [9.17, 15) is 9.18 Å². The summed E-state index contributed by atoms with van der Waals surface area (Å²) in [6.07, 6.45) is 2.08. The molecule has 28 heavy (non-hydrogen) atoms. The van der Waals surface area contributed by atoms with E-state index >= 15 is 0 Å². The zero-order valence-electron chi connectivity index (χ0n) is 16.1. The largest absolute Gasteiger partial charge is 0.328 e. The number of imidazole rings is 1. The number of halogens is 1. The van der Waals surface area contributed by atoms with Crippen LogP contribution in [-0.4, -0.2) is 40.0 Å². The number of hydrogen-bond acceptors (Lipinski definition) is 3. The molecule has 0 radical (unpaired) electrons. The molecule has 0 aliphatic carbocycles. The van der Waals surface area contributed by atoms with Crippen molar-refractivity contribution in [1.82, 2.24) is 14.5 Å². The van der Waals surface area contributed by atoms with Gasteiger partial charge >= 0.3 is 0 Å². The van der Waals surface area contributed by atoms with Crippen molar-refractivity contribution in [3.05, 3.63) is 60.2 Å². The van der Waals surface area contributed by atoms with Gasteiger partial charge in [0, 0.05) is 6.54 Å². The highest BCUT2D eigenvalue weighted by Crippen LogP contribution is 2.23. The highest BCUT2D eigenvalue weighted by molar-refractivity contribution is 5.92. The number of piperidine rings is 1. The fourth-order valence-corrected chi connectivity index (χ4v) is 3.97. The first-order valence-electron chi connectivity index (χ1n) is 9.79. The Morgan fingerprint density at radius 3 is 2.64 bits per heavy atom. The zero-order valence-corrected chi connectivity index (χ0v) is 16.1. The van der Waals surface area contributed by atoms with Crippen LogP contribution in [0.15, 0.2) is 48.5 Å². The lowest BCUT2D eigenvalue weighted by Gasteiger charge is -2.31. The number of rotatable bonds is 5. The average Bonchev–Trinajstić information content (AvgIpc) is 3.00. The summed E-state index contributed by atoms with van der Waals surface area (Å²) in [4.78, 5) is 19.0. The van der Waals surface area contributed by atoms with Gasteiger partial charge in [0.2, 0.25) is 5.91 Å². The van der Waals surface area contributed by atoms with E-state index < -0.39 is 5.82 Å². The van der Waals surface area contributed by atoms with E-state index in [1.807, 2.05) is 6.07 Å². The molecular formula is C22H25FN4O. The van der Waals surface area contributed by atoms with Crippen LogP contribution < -0.4 is 5.32 Å². The second-order valence-electron chi connectivity index (χ2n) is 7.51. The molecule has 1 aromatic heterocycles. The molecule has 2 heterocycles. The first kappa shape index (κ1) is 18.6. The Hall–Kier alpha value is -2.73. The van der Waals surface area contributed by atoms with Crippen LogP contribution in [0.4, 0.5) is 10.1 Å². The Labute approximate surface area is 164 Å². The van der Waals surface area contributed by atoms with Gasteiger partial charge in [-0.25, -0.2) is 9.37 Å². The third kappa shape index (κ3) is 4.07. The Balaban J connectivity index is 1.30. The quantitative estimate of drug-likeness (QED) is 0.732. The smallest absolute Gasteiger partial charge is 0.238 e. The molecule has 1 aliphatic rings. The summed E-state index contributed by atoms with van der Waals surface area (Å²) in [5.41, 5.74) is 2.47. The number of aromatic nitrogens is 2. The number of carbonyl (C=O) groups is 1. The molecule has 6 heteroatoms. The lowest BCUT2D eigenvalue weighted by molar-refractivity contribution is -0.117. The third-order valence-corrected chi connectivity index (χ3v) is 5.51. The number of nitrogens with one attached hydrogen (secondary N) is 1. The van der Waals surface area contributed by atoms with Crippen LogP contribution in [0.2, 0.25) is 0 Å². The Kier molecular flexibility index (Phi) is 5.39. The molecule has 2 aromatic carbocycles. The molecule has 1 aliphatic heterocycles. The summed E-state index contributed by atoms with van der Waals surface area (Å²) in [5.74, 6) is 1.05. The third-order valence-electron chi connectivity index (χ3n) is 5.51. The minimum Gasteiger partial charge on any atom is -0.328 e. The van der Waals surface area contributed by atoms with Gasteiger partial charge in [0.25, 0.3) is 0 Å². The van der Waals surface area contributed by atoms with Crippen LogP contribution >= 0.6 is 0 Å². The van der Waals surface area contributed by atoms with Crippen LogP contribution in [-0.2, 0) is 11.3 Å². The van der Waals surface area contributed by atoms with Gasteiger partial charge in [0.05, 0.1) is 23.3 Å². The standard InChI is InChI=1S/C22H25FN4O/c1-16-24-20-8-4-5-9-21(20)27(16)14-17-10-12-26(13-11-17)15-22(28)25-19-7-3-2-6-18(19)23/h2-9,17H,10-15H2,1H3,(H,25,28). The molecule has 1 saturated heterocycles. The monoisotopic (exact) mass is 380 g/mol. The molecule has 1 fully saturated rings. The van der Waals surface area contributed by atoms with E-state index in [0.29, 0.717) is 12.5 Å². The predicted molar refractivity (Wildman–Crippen MR) is 109 cm³/mol. The fourth-order valence-electron chi connectivity index (χ4n) is 3.97. The van der Waals surface area contributed by atoms with Crippen LogP contribution in [0, 0.1) is 18.7 Å². The van der Waals surface area contributed by atoms with E-state index in [1.54, 1.807) is 18.2 Å². The van der Waals surface area contributed by atoms with Gasteiger partial charge < -0.3 is 9.88 Å². The second-order valence-corrected chi connectivity index (χ2v) is 7.51. The number of para-hydroxylation sites is 3. The molecule has 0 atom stereocenters. The highest BCUT2D eigenvalue weighted by atomic mass is 19.1. The van der Waals surface area contributed by atoms with Gasteiger partial charge in [-0.3, -0.25) is 9.69 Å². The number of amides is 1. The van der Waals surface area contributed by atoms with Gasteiger partial charge in [0.1, 0.15) is 11.6 Å². The molecule has 0 unspecified atom stereocenters. The minimum atomic E-state index is -0.405. The summed E-state index contributed by atoms with van der Waals surface area (Å²) in [6.45, 7) is 5.07. The number of aryl methyl sites for hydroxylation is 1. The summed E-state index contributed by atoms with van der Waals surface area (Å²) in [5, 5.41) is 2.66. The average molecular weight is 380 g/mol. The first-order valence-corrected chi connectivity index (χ1v) is 9.79. The summed E-state index contributed by atoms with van der Waals surface area (Å²) >= 11 is 0. The van der Waals surface area contributed by atoms with E-state index in [-0.39, 0.29) is 11.6 Å². The Morgan fingerprint density at radius 2 is 1.86 bits per heavy atom. The van der Waals surface area contributed by atoms with Crippen LogP contribution in [0.25, 0.3) is 11.0 Å². The maximum atomic E-state index is 13.7. The van der Waals surface area contributed by atoms with Crippen molar-refractivity contribution in [3.8, 4) is 0 Å². The van der Waals surface area contributed by atoms with Crippen molar-refractivity contribution in [2.24, 2.45) is 5.92 Å². The van der Waals surface area contributed by atoms with Gasteiger partial charge in [0.15, 0.2) is 0 Å². The molecule has 1 N–H and O–H groups in total. The van der Waals surface area contributed by atoms with E-state index in [4.69, 9.17) is 0 Å². The topological polar surface area (TPSA) is 50.2 Å². The Morgan fingerprint density at radius 1 is 1.14 bits per heavy atom. The van der Waals surface area contributed by atoms with E-state index in [0.717, 1.165) is 43.8 Å². The zero-order chi connectivity index (χ0) is 19.5. The normalized spacial score (nSPS) is 15.8. The number of nitrogens with zero attached hydrogens (tertiary/aromatic N) is 3. The second kappa shape index (κ2) is 8.10. The lowest BCUT2D eigenvalue weighted by Crippen LogP contribution is -2.40. The van der Waals surface area contributed by atoms with Gasteiger partial charge in [-0.15, -0.1) is 0 Å². The van der Waals surface area contributed by atoms with Crippen molar-refractivity contribution in [2.75, 3.05) is 25.0 Å². The number of anilines is 1. The predicted octanol–water partition coefficient (Wildman–Crippen LogP) is 3.83. The van der Waals surface area contributed by atoms with Gasteiger partial charge in [-0.1, -0.05) is 24.3 Å². The Bertz CT molecular complexity index is 976. The highest BCUT2D eigenvalue weighted by Gasteiger charge is 2.22. The minimum absolute atomic E-state index is 0.167. The van der Waals surface area contributed by atoms with Crippen molar-refractivity contribution in [3.63, 3.8) is 0 Å². The van der Waals surface area contributed by atoms with Crippen LogP contribution in [0.3, 0.4) is 0 Å². The molecule has 0 spiro atoms. The SMILES string of the molecule is Cc1nc2ccccc2n1CC1CCN(CC(=O)Nc2ccccc2F)CC1. The summed E-state index contributed by atoms with van der Waals surface area (Å²) in [6, 6.07) is 14.5. The molecule has 1 amide bonds. The molecule has 0 saturated carbocycles. The maximum Gasteiger partial charge on any atom is 0.238 e. The van der Waals surface area contributed by atoms with E-state index in [2.05, 4.69) is 44.9 Å². The van der Waals surface area contributed by atoms with E-state index in [1.165, 1.54) is 11.6 Å².